The molecule has 0 bridgehead atoms. The Morgan fingerprint density at radius 2 is 2.13 bits per heavy atom. The molecule has 0 radical (unpaired) electrons. The Hall–Kier alpha value is -2.09. The van der Waals surface area contributed by atoms with Crippen molar-refractivity contribution < 1.29 is 23.1 Å². The summed E-state index contributed by atoms with van der Waals surface area (Å²) in [4.78, 5) is 24.9. The third-order valence-electron chi connectivity index (χ3n) is 3.68. The zero-order valence-electron chi connectivity index (χ0n) is 12.9. The standard InChI is InChI=1S/C15H20N2O5S/c1-2-8-23(21,22)16-13-5-3-4-11(9-13)14(18)17-7-6-12(10-17)15(19)20/h3-5,9,12,16H,2,6-8,10H2,1H3,(H,19,20). The molecule has 1 heterocycles. The van der Waals surface area contributed by atoms with Crippen molar-refractivity contribution in [2.24, 2.45) is 5.92 Å². The molecule has 1 aromatic rings. The molecule has 1 fully saturated rings. The van der Waals surface area contributed by atoms with Gasteiger partial charge in [0.05, 0.1) is 11.7 Å². The molecule has 1 aliphatic heterocycles. The quantitative estimate of drug-likeness (QED) is 0.814. The SMILES string of the molecule is CCCS(=O)(=O)Nc1cccc(C(=O)N2CCC(C(=O)O)C2)c1. The van der Waals surface area contributed by atoms with Gasteiger partial charge in [-0.1, -0.05) is 13.0 Å². The number of nitrogens with zero attached hydrogens (tertiary/aromatic N) is 1. The molecule has 0 aliphatic carbocycles. The summed E-state index contributed by atoms with van der Waals surface area (Å²) in [6, 6.07) is 6.24. The number of nitrogens with one attached hydrogen (secondary N) is 1. The lowest BCUT2D eigenvalue weighted by atomic mass is 10.1. The van der Waals surface area contributed by atoms with Crippen LogP contribution in [-0.2, 0) is 14.8 Å². The smallest absolute Gasteiger partial charge is 0.308 e. The first-order valence-corrected chi connectivity index (χ1v) is 9.10. The van der Waals surface area contributed by atoms with E-state index in [2.05, 4.69) is 4.72 Å². The van der Waals surface area contributed by atoms with Gasteiger partial charge in [-0.2, -0.15) is 0 Å². The molecule has 2 N–H and O–H groups in total. The Labute approximate surface area is 135 Å². The maximum atomic E-state index is 12.4. The van der Waals surface area contributed by atoms with Crippen molar-refractivity contribution in [1.82, 2.24) is 4.90 Å². The van der Waals surface area contributed by atoms with Gasteiger partial charge in [0.1, 0.15) is 0 Å². The van der Waals surface area contributed by atoms with Crippen molar-refractivity contribution in [3.05, 3.63) is 29.8 Å². The lowest BCUT2D eigenvalue weighted by Gasteiger charge is -2.16. The number of anilines is 1. The monoisotopic (exact) mass is 340 g/mol. The summed E-state index contributed by atoms with van der Waals surface area (Å²) >= 11 is 0. The third kappa shape index (κ3) is 4.44. The van der Waals surface area contributed by atoms with E-state index >= 15 is 0 Å². The van der Waals surface area contributed by atoms with E-state index < -0.39 is 21.9 Å². The molecule has 126 valence electrons. The van der Waals surface area contributed by atoms with Gasteiger partial charge >= 0.3 is 5.97 Å². The number of carboxylic acid groups (broad SMARTS) is 1. The molecule has 1 amide bonds. The van der Waals surface area contributed by atoms with Crippen LogP contribution in [0.2, 0.25) is 0 Å². The van der Waals surface area contributed by atoms with Gasteiger partial charge in [0, 0.05) is 24.3 Å². The predicted molar refractivity (Wildman–Crippen MR) is 85.8 cm³/mol. The van der Waals surface area contributed by atoms with Crippen LogP contribution in [0.3, 0.4) is 0 Å². The Kier molecular flexibility index (Phi) is 5.25. The maximum Gasteiger partial charge on any atom is 0.308 e. The number of rotatable bonds is 6. The highest BCUT2D eigenvalue weighted by atomic mass is 32.2. The largest absolute Gasteiger partial charge is 0.481 e. The molecule has 8 heteroatoms. The first-order valence-electron chi connectivity index (χ1n) is 7.45. The summed E-state index contributed by atoms with van der Waals surface area (Å²) in [5, 5.41) is 8.99. The van der Waals surface area contributed by atoms with E-state index in [1.54, 1.807) is 25.1 Å². The second-order valence-electron chi connectivity index (χ2n) is 5.58. The number of carboxylic acids is 1. The van der Waals surface area contributed by atoms with Crippen LogP contribution in [0.1, 0.15) is 30.1 Å². The van der Waals surface area contributed by atoms with E-state index in [0.717, 1.165) is 0 Å². The molecule has 1 saturated heterocycles. The second kappa shape index (κ2) is 6.99. The van der Waals surface area contributed by atoms with Gasteiger partial charge < -0.3 is 10.0 Å². The van der Waals surface area contributed by atoms with Crippen molar-refractivity contribution in [3.8, 4) is 0 Å². The third-order valence-corrected chi connectivity index (χ3v) is 5.17. The highest BCUT2D eigenvalue weighted by Crippen LogP contribution is 2.20. The zero-order chi connectivity index (χ0) is 17.0. The molecule has 1 aliphatic rings. The maximum absolute atomic E-state index is 12.4. The van der Waals surface area contributed by atoms with Crippen LogP contribution in [-0.4, -0.2) is 49.1 Å². The highest BCUT2D eigenvalue weighted by molar-refractivity contribution is 7.92. The van der Waals surface area contributed by atoms with Gasteiger partial charge in [-0.05, 0) is 31.0 Å². The van der Waals surface area contributed by atoms with E-state index in [9.17, 15) is 18.0 Å². The van der Waals surface area contributed by atoms with Crippen LogP contribution < -0.4 is 4.72 Å². The van der Waals surface area contributed by atoms with E-state index in [0.29, 0.717) is 30.6 Å². The van der Waals surface area contributed by atoms with Gasteiger partial charge in [0.25, 0.3) is 5.91 Å². The minimum Gasteiger partial charge on any atom is -0.481 e. The summed E-state index contributed by atoms with van der Waals surface area (Å²) < 4.78 is 26.0. The predicted octanol–water partition coefficient (Wildman–Crippen LogP) is 1.39. The normalized spacial score (nSPS) is 18.0. The average molecular weight is 340 g/mol. The summed E-state index contributed by atoms with van der Waals surface area (Å²) in [6.45, 7) is 2.34. The summed E-state index contributed by atoms with van der Waals surface area (Å²) in [5.41, 5.74) is 0.672. The zero-order valence-corrected chi connectivity index (χ0v) is 13.7. The molecule has 1 unspecified atom stereocenters. The van der Waals surface area contributed by atoms with Crippen LogP contribution in [0.4, 0.5) is 5.69 Å². The number of carbonyl (C=O) groups is 2. The number of amides is 1. The lowest BCUT2D eigenvalue weighted by Crippen LogP contribution is -2.30. The van der Waals surface area contributed by atoms with Crippen LogP contribution in [0, 0.1) is 5.92 Å². The van der Waals surface area contributed by atoms with E-state index in [4.69, 9.17) is 5.11 Å². The number of aliphatic carboxylic acids is 1. The minimum absolute atomic E-state index is 0.0115. The fourth-order valence-electron chi connectivity index (χ4n) is 2.54. The van der Waals surface area contributed by atoms with Crippen LogP contribution in [0.5, 0.6) is 0 Å². The number of benzene rings is 1. The van der Waals surface area contributed by atoms with Crippen LogP contribution in [0.25, 0.3) is 0 Å². The first kappa shape index (κ1) is 17.3. The van der Waals surface area contributed by atoms with Gasteiger partial charge in [-0.25, -0.2) is 8.42 Å². The summed E-state index contributed by atoms with van der Waals surface area (Å²) in [5.74, 6) is -1.71. The van der Waals surface area contributed by atoms with Gasteiger partial charge in [-0.15, -0.1) is 0 Å². The number of hydrogen-bond acceptors (Lipinski definition) is 4. The number of sulfonamides is 1. The molecule has 0 saturated carbocycles. The molecule has 0 spiro atoms. The van der Waals surface area contributed by atoms with E-state index in [1.165, 1.54) is 11.0 Å². The van der Waals surface area contributed by atoms with Crippen molar-refractivity contribution >= 4 is 27.6 Å². The molecule has 1 atom stereocenters. The Balaban J connectivity index is 2.11. The second-order valence-corrected chi connectivity index (χ2v) is 7.42. The first-order chi connectivity index (χ1) is 10.8. The molecule has 23 heavy (non-hydrogen) atoms. The topological polar surface area (TPSA) is 104 Å². The van der Waals surface area contributed by atoms with Gasteiger partial charge in [0.2, 0.25) is 10.0 Å². The lowest BCUT2D eigenvalue weighted by molar-refractivity contribution is -0.141. The van der Waals surface area contributed by atoms with Crippen LogP contribution >= 0.6 is 0 Å². The Bertz CT molecular complexity index is 702. The molecule has 2 rings (SSSR count). The minimum atomic E-state index is -3.42. The Morgan fingerprint density at radius 1 is 1.39 bits per heavy atom. The molecular formula is C15H20N2O5S. The molecular weight excluding hydrogens is 320 g/mol. The highest BCUT2D eigenvalue weighted by Gasteiger charge is 2.31. The van der Waals surface area contributed by atoms with Crippen molar-refractivity contribution in [3.63, 3.8) is 0 Å². The van der Waals surface area contributed by atoms with Gasteiger partial charge in [-0.3, -0.25) is 14.3 Å². The Morgan fingerprint density at radius 3 is 2.74 bits per heavy atom. The van der Waals surface area contributed by atoms with Crippen molar-refractivity contribution in [2.45, 2.75) is 19.8 Å². The van der Waals surface area contributed by atoms with Gasteiger partial charge in [0.15, 0.2) is 0 Å². The van der Waals surface area contributed by atoms with E-state index in [1.807, 2.05) is 0 Å². The molecule has 0 aromatic heterocycles. The van der Waals surface area contributed by atoms with Crippen molar-refractivity contribution in [1.29, 1.82) is 0 Å². The average Bonchev–Trinajstić information content (AvgIpc) is 2.96. The number of likely N-dealkylation sites (tertiary alicyclic amines) is 1. The fraction of sp³-hybridized carbons (Fsp3) is 0.467. The summed E-state index contributed by atoms with van der Waals surface area (Å²) in [7, 11) is -3.42. The number of hydrogen-bond donors (Lipinski definition) is 2. The fourth-order valence-corrected chi connectivity index (χ4v) is 3.67. The summed E-state index contributed by atoms with van der Waals surface area (Å²) in [6.07, 6.45) is 0.933. The number of carbonyl (C=O) groups excluding carboxylic acids is 1. The van der Waals surface area contributed by atoms with E-state index in [-0.39, 0.29) is 18.2 Å². The van der Waals surface area contributed by atoms with Crippen molar-refractivity contribution in [2.75, 3.05) is 23.6 Å². The molecule has 1 aromatic carbocycles. The molecule has 7 nitrogen and oxygen atoms in total. The van der Waals surface area contributed by atoms with Crippen LogP contribution in [0.15, 0.2) is 24.3 Å².